The number of esters is 2. The smallest absolute Gasteiger partial charge is 0.338 e. The average molecular weight is 438 g/mol. The molecule has 1 aliphatic heterocycles. The van der Waals surface area contributed by atoms with Crippen molar-refractivity contribution >= 4 is 41.0 Å². The largest absolute Gasteiger partial charge is 0.462 e. The quantitative estimate of drug-likeness (QED) is 0.497. The molecule has 3 amide bonds. The molecule has 1 saturated heterocycles. The summed E-state index contributed by atoms with van der Waals surface area (Å²) in [5, 5.41) is 2.56. The fraction of sp³-hybridized carbons (Fsp3) is 0.261. The zero-order valence-corrected chi connectivity index (χ0v) is 17.5. The monoisotopic (exact) mass is 438 g/mol. The molecule has 0 saturated carbocycles. The van der Waals surface area contributed by atoms with Crippen molar-refractivity contribution in [2.75, 3.05) is 23.4 Å². The van der Waals surface area contributed by atoms with Crippen LogP contribution in [0.5, 0.6) is 0 Å². The molecule has 1 N–H and O–H groups in total. The topological polar surface area (TPSA) is 119 Å². The molecule has 0 radical (unpaired) electrons. The lowest BCUT2D eigenvalue weighted by Gasteiger charge is -2.14. The van der Waals surface area contributed by atoms with Crippen LogP contribution in [0.2, 0.25) is 0 Å². The van der Waals surface area contributed by atoms with E-state index in [1.165, 1.54) is 42.5 Å². The van der Waals surface area contributed by atoms with Crippen molar-refractivity contribution in [2.45, 2.75) is 26.2 Å². The van der Waals surface area contributed by atoms with Gasteiger partial charge in [0.05, 0.1) is 23.4 Å². The number of hydrogen-bond acceptors (Lipinski definition) is 7. The Morgan fingerprint density at radius 1 is 0.906 bits per heavy atom. The van der Waals surface area contributed by atoms with Gasteiger partial charge in [0.25, 0.3) is 5.91 Å². The van der Waals surface area contributed by atoms with E-state index >= 15 is 0 Å². The molecule has 1 aliphatic rings. The van der Waals surface area contributed by atoms with Crippen molar-refractivity contribution in [3.63, 3.8) is 0 Å². The summed E-state index contributed by atoms with van der Waals surface area (Å²) in [6.45, 7) is 1.69. The highest BCUT2D eigenvalue weighted by atomic mass is 16.5. The first-order valence-corrected chi connectivity index (χ1v) is 10.1. The maximum absolute atomic E-state index is 12.3. The maximum Gasteiger partial charge on any atom is 0.338 e. The van der Waals surface area contributed by atoms with Gasteiger partial charge in [-0.05, 0) is 48.9 Å². The highest BCUT2D eigenvalue weighted by Gasteiger charge is 2.30. The second kappa shape index (κ2) is 10.3. The molecule has 0 unspecified atom stereocenters. The third kappa shape index (κ3) is 5.57. The number of anilines is 2. The van der Waals surface area contributed by atoms with Crippen LogP contribution in [-0.2, 0) is 23.9 Å². The summed E-state index contributed by atoms with van der Waals surface area (Å²) < 4.78 is 10.1. The third-order valence-corrected chi connectivity index (χ3v) is 4.57. The van der Waals surface area contributed by atoms with Crippen molar-refractivity contribution in [3.05, 3.63) is 59.7 Å². The molecule has 2 aromatic rings. The fourth-order valence-electron chi connectivity index (χ4n) is 3.02. The average Bonchev–Trinajstić information content (AvgIpc) is 3.14. The minimum absolute atomic E-state index is 0.109. The highest BCUT2D eigenvalue weighted by Crippen LogP contribution is 2.23. The van der Waals surface area contributed by atoms with Crippen LogP contribution in [0, 0.1) is 0 Å². The van der Waals surface area contributed by atoms with Crippen molar-refractivity contribution in [1.29, 1.82) is 0 Å². The van der Waals surface area contributed by atoms with E-state index in [0.717, 1.165) is 11.3 Å². The molecule has 9 nitrogen and oxygen atoms in total. The van der Waals surface area contributed by atoms with E-state index < -0.39 is 24.5 Å². The van der Waals surface area contributed by atoms with Crippen molar-refractivity contribution in [3.8, 4) is 0 Å². The molecule has 32 heavy (non-hydrogen) atoms. The molecule has 9 heteroatoms. The van der Waals surface area contributed by atoms with E-state index in [0.29, 0.717) is 17.9 Å². The zero-order valence-electron chi connectivity index (χ0n) is 17.5. The lowest BCUT2D eigenvalue weighted by molar-refractivity contribution is -0.121. The van der Waals surface area contributed by atoms with Gasteiger partial charge in [-0.15, -0.1) is 0 Å². The van der Waals surface area contributed by atoms with Crippen LogP contribution in [0.25, 0.3) is 0 Å². The Kier molecular flexibility index (Phi) is 7.33. The molecule has 0 aromatic heterocycles. The van der Waals surface area contributed by atoms with Gasteiger partial charge in [-0.1, -0.05) is 13.0 Å². The maximum atomic E-state index is 12.3. The van der Waals surface area contributed by atoms with Gasteiger partial charge in [0, 0.05) is 18.5 Å². The van der Waals surface area contributed by atoms with Gasteiger partial charge in [-0.3, -0.25) is 19.3 Å². The number of benzene rings is 2. The van der Waals surface area contributed by atoms with Crippen LogP contribution in [0.4, 0.5) is 11.4 Å². The predicted octanol–water partition coefficient (Wildman–Crippen LogP) is 2.70. The Morgan fingerprint density at radius 3 is 2.22 bits per heavy atom. The van der Waals surface area contributed by atoms with Gasteiger partial charge in [-0.2, -0.15) is 0 Å². The Morgan fingerprint density at radius 2 is 1.56 bits per heavy atom. The summed E-state index contributed by atoms with van der Waals surface area (Å²) in [6.07, 6.45) is 0.987. The number of carbonyl (C=O) groups is 5. The molecule has 0 atom stereocenters. The zero-order chi connectivity index (χ0) is 23.1. The molecule has 1 heterocycles. The summed E-state index contributed by atoms with van der Waals surface area (Å²) in [4.78, 5) is 60.9. The molecular weight excluding hydrogens is 416 g/mol. The minimum atomic E-state index is -0.768. The lowest BCUT2D eigenvalue weighted by Crippen LogP contribution is -2.28. The molecule has 1 fully saturated rings. The summed E-state index contributed by atoms with van der Waals surface area (Å²) in [6, 6.07) is 12.0. The van der Waals surface area contributed by atoms with Crippen LogP contribution in [-0.4, -0.2) is 42.9 Å². The first-order chi connectivity index (χ1) is 15.4. The number of nitrogens with zero attached hydrogens (tertiary/aromatic N) is 1. The number of nitrogens with one attached hydrogen (secondary N) is 1. The van der Waals surface area contributed by atoms with Crippen LogP contribution >= 0.6 is 0 Å². The lowest BCUT2D eigenvalue weighted by atomic mass is 10.2. The number of imide groups is 1. The highest BCUT2D eigenvalue weighted by molar-refractivity contribution is 6.20. The van der Waals surface area contributed by atoms with E-state index in [-0.39, 0.29) is 35.9 Å². The molecule has 0 spiro atoms. The predicted molar refractivity (Wildman–Crippen MR) is 114 cm³/mol. The van der Waals surface area contributed by atoms with Gasteiger partial charge in [0.1, 0.15) is 0 Å². The normalized spacial score (nSPS) is 13.1. The van der Waals surface area contributed by atoms with Gasteiger partial charge in [-0.25, -0.2) is 9.59 Å². The SMILES string of the molecule is CCCOC(=O)c1ccc(NC(=O)COC(=O)c2cccc(N3C(=O)CCC3=O)c2)cc1. The summed E-state index contributed by atoms with van der Waals surface area (Å²) >= 11 is 0. The number of hydrogen-bond donors (Lipinski definition) is 1. The molecule has 2 aromatic carbocycles. The second-order valence-electron chi connectivity index (χ2n) is 7.01. The number of ether oxygens (including phenoxy) is 2. The van der Waals surface area contributed by atoms with E-state index in [2.05, 4.69) is 5.32 Å². The van der Waals surface area contributed by atoms with Gasteiger partial charge in [0.2, 0.25) is 11.8 Å². The number of rotatable bonds is 8. The van der Waals surface area contributed by atoms with Gasteiger partial charge >= 0.3 is 11.9 Å². The van der Waals surface area contributed by atoms with Gasteiger partial charge in [0.15, 0.2) is 6.61 Å². The summed E-state index contributed by atoms with van der Waals surface area (Å²) in [5.74, 6) is -2.44. The van der Waals surface area contributed by atoms with E-state index in [4.69, 9.17) is 9.47 Å². The molecule has 3 rings (SSSR count). The van der Waals surface area contributed by atoms with Crippen molar-refractivity contribution in [2.24, 2.45) is 0 Å². The minimum Gasteiger partial charge on any atom is -0.462 e. The van der Waals surface area contributed by atoms with Gasteiger partial charge < -0.3 is 14.8 Å². The Bertz CT molecular complexity index is 1030. The summed E-state index contributed by atoms with van der Waals surface area (Å²) in [7, 11) is 0. The van der Waals surface area contributed by atoms with Crippen LogP contribution in [0.3, 0.4) is 0 Å². The van der Waals surface area contributed by atoms with E-state index in [1.54, 1.807) is 6.07 Å². The Hall–Kier alpha value is -4.01. The molecular formula is C23H22N2O7. The Labute approximate surface area is 184 Å². The van der Waals surface area contributed by atoms with E-state index in [9.17, 15) is 24.0 Å². The molecule has 0 aliphatic carbocycles. The van der Waals surface area contributed by atoms with Crippen molar-refractivity contribution < 1.29 is 33.4 Å². The van der Waals surface area contributed by atoms with Crippen LogP contribution < -0.4 is 10.2 Å². The second-order valence-corrected chi connectivity index (χ2v) is 7.01. The molecule has 0 bridgehead atoms. The standard InChI is InChI=1S/C23H22N2O7/c1-2-12-31-22(29)15-6-8-17(9-7-15)24-19(26)14-32-23(30)16-4-3-5-18(13-16)25-20(27)10-11-21(25)28/h3-9,13H,2,10-12,14H2,1H3,(H,24,26). The first-order valence-electron chi connectivity index (χ1n) is 10.1. The third-order valence-electron chi connectivity index (χ3n) is 4.57. The van der Waals surface area contributed by atoms with Crippen LogP contribution in [0.1, 0.15) is 46.9 Å². The Balaban J connectivity index is 1.53. The van der Waals surface area contributed by atoms with Crippen molar-refractivity contribution in [1.82, 2.24) is 0 Å². The number of amides is 3. The first kappa shape index (κ1) is 22.7. The van der Waals surface area contributed by atoms with Crippen LogP contribution in [0.15, 0.2) is 48.5 Å². The van der Waals surface area contributed by atoms with E-state index in [1.807, 2.05) is 6.92 Å². The fourth-order valence-corrected chi connectivity index (χ4v) is 3.02. The molecule has 166 valence electrons. The summed E-state index contributed by atoms with van der Waals surface area (Å²) in [5.41, 5.74) is 1.18. The number of carbonyl (C=O) groups excluding carboxylic acids is 5.